The van der Waals surface area contributed by atoms with Crippen LogP contribution in [0.5, 0.6) is 0 Å². The molecule has 0 saturated carbocycles. The van der Waals surface area contributed by atoms with E-state index < -0.39 is 0 Å². The lowest BCUT2D eigenvalue weighted by Gasteiger charge is -2.02. The monoisotopic (exact) mass is 272 g/mol. The van der Waals surface area contributed by atoms with Crippen molar-refractivity contribution in [2.24, 2.45) is 10.1 Å². The molecule has 0 aliphatic carbocycles. The van der Waals surface area contributed by atoms with Crippen LogP contribution >= 0.6 is 0 Å². The minimum Gasteiger partial charge on any atom is -0.261 e. The van der Waals surface area contributed by atoms with Crippen LogP contribution in [0.2, 0.25) is 0 Å². The fourth-order valence-electron chi connectivity index (χ4n) is 2.49. The summed E-state index contributed by atoms with van der Waals surface area (Å²) in [6.45, 7) is 0. The van der Waals surface area contributed by atoms with Gasteiger partial charge in [0.2, 0.25) is 0 Å². The van der Waals surface area contributed by atoms with Crippen molar-refractivity contribution in [2.75, 3.05) is 0 Å². The fourth-order valence-corrected chi connectivity index (χ4v) is 2.49. The molecular weight excluding hydrogens is 260 g/mol. The number of aromatic nitrogens is 1. The Hall–Kier alpha value is -3.01. The highest BCUT2D eigenvalue weighted by molar-refractivity contribution is 6.18. The summed E-state index contributed by atoms with van der Waals surface area (Å²) in [7, 11) is 0. The van der Waals surface area contributed by atoms with Gasteiger partial charge in [0.25, 0.3) is 0 Å². The topological polar surface area (TPSA) is 49.6 Å². The lowest BCUT2D eigenvalue weighted by Crippen LogP contribution is -2.17. The molecule has 0 radical (unpaired) electrons. The van der Waals surface area contributed by atoms with Crippen molar-refractivity contribution >= 4 is 28.5 Å². The van der Waals surface area contributed by atoms with Crippen molar-refractivity contribution in [1.82, 2.24) is 10.4 Å². The maximum absolute atomic E-state index is 4.60. The Morgan fingerprint density at radius 2 is 1.86 bits per heavy atom. The highest BCUT2D eigenvalue weighted by Crippen LogP contribution is 2.34. The van der Waals surface area contributed by atoms with Gasteiger partial charge in [0.05, 0.1) is 17.6 Å². The highest BCUT2D eigenvalue weighted by atomic mass is 15.3. The summed E-state index contributed by atoms with van der Waals surface area (Å²) < 4.78 is 0. The lowest BCUT2D eigenvalue weighted by molar-refractivity contribution is 1.03. The van der Waals surface area contributed by atoms with Gasteiger partial charge >= 0.3 is 0 Å². The number of benzene rings is 2. The van der Waals surface area contributed by atoms with Crippen molar-refractivity contribution in [3.05, 3.63) is 72.1 Å². The van der Waals surface area contributed by atoms with Crippen LogP contribution in [0.3, 0.4) is 0 Å². The average Bonchev–Trinajstić information content (AvgIpc) is 2.89. The van der Waals surface area contributed by atoms with E-state index in [0.717, 1.165) is 22.8 Å². The second kappa shape index (κ2) is 4.83. The minimum absolute atomic E-state index is 0.772. The summed E-state index contributed by atoms with van der Waals surface area (Å²) >= 11 is 0. The minimum atomic E-state index is 0.772. The second-order valence-electron chi connectivity index (χ2n) is 4.77. The summed E-state index contributed by atoms with van der Waals surface area (Å²) in [6, 6.07) is 18.0. The third-order valence-corrected chi connectivity index (χ3v) is 3.43. The third-order valence-electron chi connectivity index (χ3n) is 3.43. The standard InChI is InChI=1S/C17H12N4/c1-2-10-18-13(7-1)11-19-21-17-14-8-3-5-12-6-4-9-15(20-17)16(12)14/h1-11H,(H,20,21)/b19-11+. The zero-order valence-electron chi connectivity index (χ0n) is 11.2. The molecule has 21 heavy (non-hydrogen) atoms. The first-order valence-electron chi connectivity index (χ1n) is 6.73. The zero-order valence-corrected chi connectivity index (χ0v) is 11.2. The van der Waals surface area contributed by atoms with Crippen LogP contribution in [-0.4, -0.2) is 17.0 Å². The van der Waals surface area contributed by atoms with Gasteiger partial charge in [0.1, 0.15) is 0 Å². The molecule has 4 heteroatoms. The molecule has 1 N–H and O–H groups in total. The Morgan fingerprint density at radius 1 is 0.952 bits per heavy atom. The summed E-state index contributed by atoms with van der Waals surface area (Å²) in [5, 5.41) is 6.60. The molecule has 3 aromatic rings. The van der Waals surface area contributed by atoms with E-state index in [1.165, 1.54) is 10.8 Å². The molecule has 0 atom stereocenters. The smallest absolute Gasteiger partial charge is 0.154 e. The van der Waals surface area contributed by atoms with Gasteiger partial charge in [-0.05, 0) is 23.6 Å². The number of nitrogens with one attached hydrogen (secondary N) is 1. The predicted octanol–water partition coefficient (Wildman–Crippen LogP) is 3.25. The van der Waals surface area contributed by atoms with Crippen molar-refractivity contribution in [3.8, 4) is 0 Å². The van der Waals surface area contributed by atoms with E-state index in [4.69, 9.17) is 0 Å². The molecule has 4 nitrogen and oxygen atoms in total. The Bertz CT molecular complexity index is 861. The van der Waals surface area contributed by atoms with E-state index in [1.54, 1.807) is 12.4 Å². The third kappa shape index (κ3) is 2.07. The first kappa shape index (κ1) is 11.8. The summed E-state index contributed by atoms with van der Waals surface area (Å²) in [4.78, 5) is 8.79. The zero-order chi connectivity index (χ0) is 14.1. The molecule has 2 heterocycles. The summed E-state index contributed by atoms with van der Waals surface area (Å²) in [5.41, 5.74) is 5.89. The van der Waals surface area contributed by atoms with E-state index in [1.807, 2.05) is 36.4 Å². The van der Waals surface area contributed by atoms with Crippen LogP contribution in [0, 0.1) is 0 Å². The predicted molar refractivity (Wildman–Crippen MR) is 85.1 cm³/mol. The Kier molecular flexibility index (Phi) is 2.71. The first-order valence-corrected chi connectivity index (χ1v) is 6.73. The molecule has 0 amide bonds. The maximum Gasteiger partial charge on any atom is 0.154 e. The molecule has 0 spiro atoms. The van der Waals surface area contributed by atoms with Crippen molar-refractivity contribution in [1.29, 1.82) is 0 Å². The number of amidine groups is 1. The van der Waals surface area contributed by atoms with Crippen LogP contribution in [0.4, 0.5) is 5.69 Å². The molecular formula is C17H12N4. The number of hydrazone groups is 1. The fraction of sp³-hybridized carbons (Fsp3) is 0. The largest absolute Gasteiger partial charge is 0.261 e. The molecule has 0 fully saturated rings. The van der Waals surface area contributed by atoms with Crippen LogP contribution < -0.4 is 5.43 Å². The number of rotatable bonds is 2. The Balaban J connectivity index is 1.64. The Morgan fingerprint density at radius 3 is 2.71 bits per heavy atom. The van der Waals surface area contributed by atoms with E-state index in [-0.39, 0.29) is 0 Å². The van der Waals surface area contributed by atoms with Crippen LogP contribution in [0.1, 0.15) is 11.3 Å². The SMILES string of the molecule is C(=N\NC1=Nc2cccc3cccc1c23)/c1ccccn1. The number of aliphatic imine (C=N–C) groups is 1. The average molecular weight is 272 g/mol. The number of hydrogen-bond acceptors (Lipinski definition) is 4. The van der Waals surface area contributed by atoms with Gasteiger partial charge in [0.15, 0.2) is 5.84 Å². The molecule has 2 aromatic carbocycles. The number of pyridine rings is 1. The van der Waals surface area contributed by atoms with Gasteiger partial charge in [-0.1, -0.05) is 36.4 Å². The molecule has 1 aliphatic heterocycles. The van der Waals surface area contributed by atoms with Crippen molar-refractivity contribution in [3.63, 3.8) is 0 Å². The van der Waals surface area contributed by atoms with E-state index in [0.29, 0.717) is 0 Å². The molecule has 1 aromatic heterocycles. The summed E-state index contributed by atoms with van der Waals surface area (Å²) in [5.74, 6) is 0.772. The quantitative estimate of drug-likeness (QED) is 0.575. The van der Waals surface area contributed by atoms with Gasteiger partial charge in [-0.2, -0.15) is 5.10 Å². The number of hydrogen-bond donors (Lipinski definition) is 1. The maximum atomic E-state index is 4.60. The first-order chi connectivity index (χ1) is 10.4. The molecule has 0 bridgehead atoms. The second-order valence-corrected chi connectivity index (χ2v) is 4.77. The van der Waals surface area contributed by atoms with Gasteiger partial charge in [-0.3, -0.25) is 10.4 Å². The van der Waals surface area contributed by atoms with Crippen molar-refractivity contribution < 1.29 is 0 Å². The molecule has 100 valence electrons. The number of nitrogens with zero attached hydrogens (tertiary/aromatic N) is 3. The van der Waals surface area contributed by atoms with E-state index >= 15 is 0 Å². The van der Waals surface area contributed by atoms with Crippen molar-refractivity contribution in [2.45, 2.75) is 0 Å². The van der Waals surface area contributed by atoms with Gasteiger partial charge in [0, 0.05) is 17.1 Å². The van der Waals surface area contributed by atoms with E-state index in [2.05, 4.69) is 38.7 Å². The van der Waals surface area contributed by atoms with Crippen LogP contribution in [0.25, 0.3) is 10.8 Å². The lowest BCUT2D eigenvalue weighted by atomic mass is 10.0. The highest BCUT2D eigenvalue weighted by Gasteiger charge is 2.17. The Labute approximate surface area is 121 Å². The van der Waals surface area contributed by atoms with Gasteiger partial charge < -0.3 is 0 Å². The van der Waals surface area contributed by atoms with Crippen LogP contribution in [0.15, 0.2) is 70.9 Å². The molecule has 0 unspecified atom stereocenters. The van der Waals surface area contributed by atoms with Gasteiger partial charge in [-0.25, -0.2) is 4.99 Å². The molecule has 0 saturated heterocycles. The molecule has 1 aliphatic rings. The molecule has 4 rings (SSSR count). The van der Waals surface area contributed by atoms with Crippen LogP contribution in [-0.2, 0) is 0 Å². The van der Waals surface area contributed by atoms with E-state index in [9.17, 15) is 0 Å². The van der Waals surface area contributed by atoms with Gasteiger partial charge in [-0.15, -0.1) is 0 Å². The normalized spacial score (nSPS) is 12.9. The summed E-state index contributed by atoms with van der Waals surface area (Å²) in [6.07, 6.45) is 3.43.